The van der Waals surface area contributed by atoms with Gasteiger partial charge in [0.05, 0.1) is 5.41 Å². The van der Waals surface area contributed by atoms with Crippen molar-refractivity contribution < 1.29 is 24.2 Å². The van der Waals surface area contributed by atoms with E-state index in [4.69, 9.17) is 4.74 Å². The molecule has 3 fully saturated rings. The van der Waals surface area contributed by atoms with Crippen molar-refractivity contribution in [1.29, 1.82) is 0 Å². The zero-order valence-corrected chi connectivity index (χ0v) is 19.6. The van der Waals surface area contributed by atoms with Crippen LogP contribution < -0.4 is 5.32 Å². The van der Waals surface area contributed by atoms with Crippen molar-refractivity contribution in [3.63, 3.8) is 0 Å². The summed E-state index contributed by atoms with van der Waals surface area (Å²) >= 11 is 0. The Morgan fingerprint density at radius 1 is 1.03 bits per heavy atom. The molecule has 1 saturated heterocycles. The molecule has 2 saturated carbocycles. The molecule has 1 aliphatic heterocycles. The Balaban J connectivity index is 0.988. The first-order valence-electron chi connectivity index (χ1n) is 12.6. The highest BCUT2D eigenvalue weighted by Crippen LogP contribution is 2.58. The van der Waals surface area contributed by atoms with E-state index < -0.39 is 17.5 Å². The number of amides is 2. The minimum Gasteiger partial charge on any atom is -0.481 e. The van der Waals surface area contributed by atoms with Crippen LogP contribution in [-0.2, 0) is 14.3 Å². The first kappa shape index (κ1) is 22.1. The lowest BCUT2D eigenvalue weighted by Crippen LogP contribution is -2.36. The monoisotopic (exact) mass is 474 g/mol. The van der Waals surface area contributed by atoms with E-state index in [9.17, 15) is 19.5 Å². The summed E-state index contributed by atoms with van der Waals surface area (Å²) in [6, 6.07) is 16.5. The van der Waals surface area contributed by atoms with Crippen molar-refractivity contribution in [2.45, 2.75) is 44.1 Å². The summed E-state index contributed by atoms with van der Waals surface area (Å²) < 4.78 is 5.67. The Kier molecular flexibility index (Phi) is 5.31. The van der Waals surface area contributed by atoms with Gasteiger partial charge in [0.15, 0.2) is 0 Å². The highest BCUT2D eigenvalue weighted by Gasteiger charge is 2.66. The molecule has 3 aliphatic carbocycles. The molecule has 182 valence electrons. The van der Waals surface area contributed by atoms with Crippen LogP contribution in [0.3, 0.4) is 0 Å². The largest absolute Gasteiger partial charge is 0.481 e. The van der Waals surface area contributed by atoms with E-state index in [1.165, 1.54) is 22.3 Å². The lowest BCUT2D eigenvalue weighted by Gasteiger charge is -2.21. The summed E-state index contributed by atoms with van der Waals surface area (Å²) in [6.45, 7) is 1.20. The topological polar surface area (TPSA) is 95.9 Å². The van der Waals surface area contributed by atoms with Crippen molar-refractivity contribution in [2.24, 2.45) is 17.3 Å². The van der Waals surface area contributed by atoms with Gasteiger partial charge in [-0.2, -0.15) is 0 Å². The Labute approximate surface area is 204 Å². The van der Waals surface area contributed by atoms with Crippen molar-refractivity contribution in [3.8, 4) is 11.1 Å². The van der Waals surface area contributed by atoms with Crippen molar-refractivity contribution >= 4 is 18.0 Å². The molecular weight excluding hydrogens is 444 g/mol. The number of carboxylic acid groups (broad SMARTS) is 1. The van der Waals surface area contributed by atoms with Gasteiger partial charge in [0.25, 0.3) is 0 Å². The summed E-state index contributed by atoms with van der Waals surface area (Å²) in [4.78, 5) is 38.5. The number of ether oxygens (including phenoxy) is 1. The standard InChI is InChI=1S/C28H30N2O5/c31-25(30-14-18-13-28(18,16-30)26(32)33)12-17-9-10-19(11-17)29-27(34)35-15-24-22-7-3-1-5-20(22)21-6-2-4-8-23(21)24/h1-8,17-19,24H,9-16H2,(H,29,34)(H,32,33). The maximum Gasteiger partial charge on any atom is 0.407 e. The number of alkyl carbamates (subject to hydrolysis) is 1. The molecule has 4 atom stereocenters. The number of carbonyl (C=O) groups is 3. The van der Waals surface area contributed by atoms with Gasteiger partial charge >= 0.3 is 12.1 Å². The van der Waals surface area contributed by atoms with Gasteiger partial charge in [0.1, 0.15) is 6.61 Å². The molecule has 2 amide bonds. The summed E-state index contributed by atoms with van der Waals surface area (Å²) in [6.07, 6.45) is 3.15. The second-order valence-corrected chi connectivity index (χ2v) is 10.7. The fourth-order valence-electron chi connectivity index (χ4n) is 6.58. The third-order valence-electron chi connectivity index (χ3n) is 8.59. The maximum atomic E-state index is 12.7. The Hall–Kier alpha value is -3.35. The van der Waals surface area contributed by atoms with Crippen LogP contribution in [0.25, 0.3) is 11.1 Å². The van der Waals surface area contributed by atoms with E-state index in [0.29, 0.717) is 25.9 Å². The Bertz CT molecular complexity index is 1150. The van der Waals surface area contributed by atoms with Gasteiger partial charge in [-0.15, -0.1) is 0 Å². The Morgan fingerprint density at radius 2 is 1.71 bits per heavy atom. The third-order valence-corrected chi connectivity index (χ3v) is 8.59. The summed E-state index contributed by atoms with van der Waals surface area (Å²) in [5.74, 6) is -0.367. The highest BCUT2D eigenvalue weighted by molar-refractivity contribution is 5.84. The van der Waals surface area contributed by atoms with Crippen molar-refractivity contribution in [3.05, 3.63) is 59.7 Å². The molecule has 0 spiro atoms. The van der Waals surface area contributed by atoms with E-state index in [-0.39, 0.29) is 36.3 Å². The highest BCUT2D eigenvalue weighted by atomic mass is 16.5. The lowest BCUT2D eigenvalue weighted by molar-refractivity contribution is -0.144. The second-order valence-electron chi connectivity index (χ2n) is 10.7. The number of carboxylic acids is 1. The quantitative estimate of drug-likeness (QED) is 0.659. The number of carbonyl (C=O) groups excluding carboxylic acids is 2. The average Bonchev–Trinajstić information content (AvgIpc) is 3.15. The Morgan fingerprint density at radius 3 is 2.37 bits per heavy atom. The van der Waals surface area contributed by atoms with Crippen LogP contribution in [0.1, 0.15) is 49.1 Å². The molecule has 0 bridgehead atoms. The molecular formula is C28H30N2O5. The average molecular weight is 475 g/mol. The second kappa shape index (κ2) is 8.40. The molecule has 4 unspecified atom stereocenters. The molecule has 7 heteroatoms. The van der Waals surface area contributed by atoms with Gasteiger partial charge in [-0.25, -0.2) is 4.79 Å². The van der Waals surface area contributed by atoms with Gasteiger partial charge in [0, 0.05) is 31.5 Å². The number of nitrogens with one attached hydrogen (secondary N) is 1. The van der Waals surface area contributed by atoms with Crippen LogP contribution in [0.4, 0.5) is 4.79 Å². The number of hydrogen-bond acceptors (Lipinski definition) is 4. The van der Waals surface area contributed by atoms with Crippen LogP contribution in [0, 0.1) is 17.3 Å². The zero-order chi connectivity index (χ0) is 24.2. The first-order chi connectivity index (χ1) is 16.9. The molecule has 6 rings (SSSR count). The fraction of sp³-hybridized carbons (Fsp3) is 0.464. The smallest absolute Gasteiger partial charge is 0.407 e. The predicted molar refractivity (Wildman–Crippen MR) is 129 cm³/mol. The number of aliphatic carboxylic acids is 1. The summed E-state index contributed by atoms with van der Waals surface area (Å²) in [5.41, 5.74) is 4.09. The molecule has 2 aromatic carbocycles. The number of nitrogens with zero attached hydrogens (tertiary/aromatic N) is 1. The SMILES string of the molecule is O=C(NC1CCC(CC(=O)N2CC3CC3(C(=O)O)C2)C1)OCC1c2ccccc2-c2ccccc21. The normalized spacial score (nSPS) is 28.2. The first-order valence-corrected chi connectivity index (χ1v) is 12.6. The predicted octanol–water partition coefficient (Wildman–Crippen LogP) is 4.02. The van der Waals surface area contributed by atoms with Crippen LogP contribution in [0.15, 0.2) is 48.5 Å². The number of fused-ring (bicyclic) bond motifs is 4. The zero-order valence-electron chi connectivity index (χ0n) is 19.6. The van der Waals surface area contributed by atoms with Crippen LogP contribution in [0.5, 0.6) is 0 Å². The van der Waals surface area contributed by atoms with Gasteiger partial charge in [-0.3, -0.25) is 9.59 Å². The number of likely N-dealkylation sites (tertiary alicyclic amines) is 1. The summed E-state index contributed by atoms with van der Waals surface area (Å²) in [5, 5.41) is 12.4. The number of rotatable bonds is 6. The van der Waals surface area contributed by atoms with Crippen molar-refractivity contribution in [2.75, 3.05) is 19.7 Å². The van der Waals surface area contributed by atoms with Gasteiger partial charge in [0.2, 0.25) is 5.91 Å². The number of hydrogen-bond donors (Lipinski definition) is 2. The lowest BCUT2D eigenvalue weighted by atomic mass is 9.98. The van der Waals surface area contributed by atoms with Crippen LogP contribution >= 0.6 is 0 Å². The van der Waals surface area contributed by atoms with Gasteiger partial charge in [-0.05, 0) is 59.8 Å². The van der Waals surface area contributed by atoms with E-state index >= 15 is 0 Å². The van der Waals surface area contributed by atoms with E-state index in [2.05, 4.69) is 29.6 Å². The summed E-state index contributed by atoms with van der Waals surface area (Å²) in [7, 11) is 0. The molecule has 1 heterocycles. The minimum atomic E-state index is -0.772. The molecule has 0 radical (unpaired) electrons. The van der Waals surface area contributed by atoms with E-state index in [0.717, 1.165) is 19.3 Å². The molecule has 35 heavy (non-hydrogen) atoms. The van der Waals surface area contributed by atoms with Crippen LogP contribution in [0.2, 0.25) is 0 Å². The third kappa shape index (κ3) is 3.87. The minimum absolute atomic E-state index is 0.000734. The molecule has 2 aromatic rings. The molecule has 4 aliphatic rings. The van der Waals surface area contributed by atoms with E-state index in [1.807, 2.05) is 24.3 Å². The number of piperidine rings is 1. The van der Waals surface area contributed by atoms with Gasteiger partial charge in [-0.1, -0.05) is 48.5 Å². The maximum absolute atomic E-state index is 12.7. The fourth-order valence-corrected chi connectivity index (χ4v) is 6.58. The van der Waals surface area contributed by atoms with Crippen molar-refractivity contribution in [1.82, 2.24) is 10.2 Å². The molecule has 0 aromatic heterocycles. The molecule has 7 nitrogen and oxygen atoms in total. The van der Waals surface area contributed by atoms with Crippen LogP contribution in [-0.4, -0.2) is 53.7 Å². The van der Waals surface area contributed by atoms with Gasteiger partial charge < -0.3 is 20.1 Å². The van der Waals surface area contributed by atoms with E-state index in [1.54, 1.807) is 4.90 Å². The number of benzene rings is 2. The molecule has 2 N–H and O–H groups in total.